The Labute approximate surface area is 200 Å². The third-order valence-corrected chi connectivity index (χ3v) is 5.83. The number of morpholine rings is 1. The van der Waals surface area contributed by atoms with E-state index in [1.165, 1.54) is 11.6 Å². The monoisotopic (exact) mass is 455 g/mol. The highest BCUT2D eigenvalue weighted by molar-refractivity contribution is 6.04. The highest BCUT2D eigenvalue weighted by atomic mass is 16.5. The van der Waals surface area contributed by atoms with E-state index < -0.39 is 0 Å². The van der Waals surface area contributed by atoms with Gasteiger partial charge in [0.05, 0.1) is 13.2 Å². The van der Waals surface area contributed by atoms with Crippen LogP contribution in [-0.4, -0.2) is 47.9 Å². The molecule has 1 aliphatic heterocycles. The number of Topliss-reactive ketones (excluding diaryl/α,β-unsaturated/α-hetero) is 1. The maximum absolute atomic E-state index is 12.9. The molecule has 4 rings (SSSR count). The van der Waals surface area contributed by atoms with Gasteiger partial charge in [-0.1, -0.05) is 42.5 Å². The molecular weight excluding hydrogens is 426 g/mol. The van der Waals surface area contributed by atoms with Crippen molar-refractivity contribution in [2.75, 3.05) is 31.6 Å². The van der Waals surface area contributed by atoms with Crippen molar-refractivity contribution >= 4 is 23.5 Å². The van der Waals surface area contributed by atoms with Gasteiger partial charge in [-0.05, 0) is 47.4 Å². The second-order valence-corrected chi connectivity index (χ2v) is 8.44. The number of ether oxygens (including phenoxy) is 1. The highest BCUT2D eigenvalue weighted by Gasteiger charge is 2.13. The van der Waals surface area contributed by atoms with Gasteiger partial charge in [0, 0.05) is 55.8 Å². The molecule has 2 aromatic carbocycles. The maximum Gasteiger partial charge on any atom is 0.248 e. The normalized spacial score (nSPS) is 14.3. The van der Waals surface area contributed by atoms with E-state index in [1.807, 2.05) is 43.3 Å². The van der Waals surface area contributed by atoms with E-state index in [0.717, 1.165) is 49.5 Å². The number of ketones is 1. The lowest BCUT2D eigenvalue weighted by molar-refractivity contribution is -0.111. The number of amides is 1. The number of benzene rings is 2. The van der Waals surface area contributed by atoms with Crippen LogP contribution < -0.4 is 5.32 Å². The van der Waals surface area contributed by atoms with Crippen molar-refractivity contribution in [3.63, 3.8) is 0 Å². The molecule has 34 heavy (non-hydrogen) atoms. The zero-order chi connectivity index (χ0) is 23.8. The van der Waals surface area contributed by atoms with Crippen molar-refractivity contribution in [3.05, 3.63) is 101 Å². The van der Waals surface area contributed by atoms with Crippen molar-refractivity contribution in [2.24, 2.45) is 0 Å². The number of aromatic nitrogens is 1. The Morgan fingerprint density at radius 3 is 2.56 bits per heavy atom. The Hall–Kier alpha value is -3.61. The molecule has 2 heterocycles. The lowest BCUT2D eigenvalue weighted by Crippen LogP contribution is -2.35. The first-order valence-corrected chi connectivity index (χ1v) is 11.5. The van der Waals surface area contributed by atoms with Gasteiger partial charge < -0.3 is 10.1 Å². The van der Waals surface area contributed by atoms with E-state index in [9.17, 15) is 9.59 Å². The van der Waals surface area contributed by atoms with E-state index in [-0.39, 0.29) is 11.7 Å². The molecule has 0 spiro atoms. The SMILES string of the molecule is Cc1ccc(C(=O)Cc2ccc(CN3CCOCC3)cc2)cc1NC(=O)/C=C/c1cccnc1. The summed E-state index contributed by atoms with van der Waals surface area (Å²) in [6.07, 6.45) is 6.85. The van der Waals surface area contributed by atoms with Crippen molar-refractivity contribution in [3.8, 4) is 0 Å². The van der Waals surface area contributed by atoms with Gasteiger partial charge in [0.2, 0.25) is 5.91 Å². The summed E-state index contributed by atoms with van der Waals surface area (Å²) in [6.45, 7) is 6.27. The van der Waals surface area contributed by atoms with Crippen LogP contribution in [0.4, 0.5) is 5.69 Å². The minimum atomic E-state index is -0.257. The number of nitrogens with zero attached hydrogens (tertiary/aromatic N) is 2. The number of aryl methyl sites for hydroxylation is 1. The molecule has 1 saturated heterocycles. The molecule has 1 N–H and O–H groups in total. The Morgan fingerprint density at radius 1 is 1.06 bits per heavy atom. The molecular formula is C28H29N3O3. The Kier molecular flexibility index (Phi) is 7.96. The zero-order valence-electron chi connectivity index (χ0n) is 19.4. The van der Waals surface area contributed by atoms with Gasteiger partial charge in [0.25, 0.3) is 0 Å². The number of carbonyl (C=O) groups excluding carboxylic acids is 2. The van der Waals surface area contributed by atoms with E-state index in [4.69, 9.17) is 4.74 Å². The first kappa shape index (κ1) is 23.5. The molecule has 174 valence electrons. The van der Waals surface area contributed by atoms with Crippen LogP contribution in [0.25, 0.3) is 6.08 Å². The fourth-order valence-electron chi connectivity index (χ4n) is 3.82. The molecule has 1 aliphatic rings. The highest BCUT2D eigenvalue weighted by Crippen LogP contribution is 2.19. The smallest absolute Gasteiger partial charge is 0.248 e. The van der Waals surface area contributed by atoms with E-state index in [1.54, 1.807) is 24.5 Å². The van der Waals surface area contributed by atoms with E-state index >= 15 is 0 Å². The number of hydrogen-bond acceptors (Lipinski definition) is 5. The summed E-state index contributed by atoms with van der Waals surface area (Å²) in [6, 6.07) is 17.3. The molecule has 6 heteroatoms. The molecule has 1 aromatic heterocycles. The van der Waals surface area contributed by atoms with Crippen molar-refractivity contribution in [2.45, 2.75) is 19.9 Å². The lowest BCUT2D eigenvalue weighted by Gasteiger charge is -2.26. The van der Waals surface area contributed by atoms with Gasteiger partial charge in [0.1, 0.15) is 0 Å². The molecule has 6 nitrogen and oxygen atoms in total. The average Bonchev–Trinajstić information content (AvgIpc) is 2.86. The fourth-order valence-corrected chi connectivity index (χ4v) is 3.82. The number of anilines is 1. The third-order valence-electron chi connectivity index (χ3n) is 5.83. The molecule has 0 atom stereocenters. The topological polar surface area (TPSA) is 71.5 Å². The lowest BCUT2D eigenvalue weighted by atomic mass is 10.00. The van der Waals surface area contributed by atoms with Gasteiger partial charge in [-0.2, -0.15) is 0 Å². The van der Waals surface area contributed by atoms with Gasteiger partial charge in [0.15, 0.2) is 5.78 Å². The van der Waals surface area contributed by atoms with Crippen LogP contribution in [0.5, 0.6) is 0 Å². The number of nitrogens with one attached hydrogen (secondary N) is 1. The van der Waals surface area contributed by atoms with Crippen LogP contribution in [0.1, 0.15) is 32.6 Å². The van der Waals surface area contributed by atoms with Crippen molar-refractivity contribution in [1.29, 1.82) is 0 Å². The number of carbonyl (C=O) groups is 2. The third kappa shape index (κ3) is 6.70. The molecule has 0 aliphatic carbocycles. The summed E-state index contributed by atoms with van der Waals surface area (Å²) in [5.74, 6) is -0.241. The fraction of sp³-hybridized carbons (Fsp3) is 0.250. The Morgan fingerprint density at radius 2 is 1.82 bits per heavy atom. The van der Waals surface area contributed by atoms with Crippen LogP contribution in [0.15, 0.2) is 73.1 Å². The number of pyridine rings is 1. The Balaban J connectivity index is 1.36. The standard InChI is InChI=1S/C28H29N3O3/c1-21-4-10-25(18-26(21)30-28(33)11-9-23-3-2-12-29-19-23)27(32)17-22-5-7-24(8-6-22)20-31-13-15-34-16-14-31/h2-12,18-19H,13-17,20H2,1H3,(H,30,33)/b11-9+. The zero-order valence-corrected chi connectivity index (χ0v) is 19.4. The van der Waals surface area contributed by atoms with Crippen LogP contribution in [-0.2, 0) is 22.5 Å². The van der Waals surface area contributed by atoms with Crippen LogP contribution in [0.2, 0.25) is 0 Å². The second kappa shape index (κ2) is 11.5. The largest absolute Gasteiger partial charge is 0.379 e. The van der Waals surface area contributed by atoms with Gasteiger partial charge in [-0.15, -0.1) is 0 Å². The average molecular weight is 456 g/mol. The molecule has 0 bridgehead atoms. The van der Waals surface area contributed by atoms with Crippen LogP contribution in [0.3, 0.4) is 0 Å². The molecule has 0 saturated carbocycles. The summed E-state index contributed by atoms with van der Waals surface area (Å²) in [5, 5.41) is 2.87. The van der Waals surface area contributed by atoms with Crippen LogP contribution >= 0.6 is 0 Å². The predicted molar refractivity (Wildman–Crippen MR) is 134 cm³/mol. The van der Waals surface area contributed by atoms with E-state index in [0.29, 0.717) is 17.7 Å². The molecule has 0 unspecified atom stereocenters. The number of hydrogen-bond donors (Lipinski definition) is 1. The summed E-state index contributed by atoms with van der Waals surface area (Å²) >= 11 is 0. The van der Waals surface area contributed by atoms with Crippen LogP contribution in [0, 0.1) is 6.92 Å². The minimum absolute atomic E-state index is 0.0160. The molecule has 1 fully saturated rings. The minimum Gasteiger partial charge on any atom is -0.379 e. The Bertz CT molecular complexity index is 1150. The van der Waals surface area contributed by atoms with Crippen molar-refractivity contribution < 1.29 is 14.3 Å². The maximum atomic E-state index is 12.9. The molecule has 1 amide bonds. The second-order valence-electron chi connectivity index (χ2n) is 8.44. The molecule has 3 aromatic rings. The quantitative estimate of drug-likeness (QED) is 0.405. The number of rotatable bonds is 8. The van der Waals surface area contributed by atoms with Gasteiger partial charge in [-0.25, -0.2) is 0 Å². The first-order valence-electron chi connectivity index (χ1n) is 11.5. The van der Waals surface area contributed by atoms with Gasteiger partial charge >= 0.3 is 0 Å². The summed E-state index contributed by atoms with van der Waals surface area (Å²) in [4.78, 5) is 31.7. The van der Waals surface area contributed by atoms with Gasteiger partial charge in [-0.3, -0.25) is 19.5 Å². The first-order chi connectivity index (χ1) is 16.6. The summed E-state index contributed by atoms with van der Waals surface area (Å²) < 4.78 is 5.40. The molecule has 0 radical (unpaired) electrons. The van der Waals surface area contributed by atoms with E-state index in [2.05, 4.69) is 27.3 Å². The summed E-state index contributed by atoms with van der Waals surface area (Å²) in [5.41, 5.74) is 5.16. The predicted octanol–water partition coefficient (Wildman–Crippen LogP) is 4.30. The van der Waals surface area contributed by atoms with Crippen molar-refractivity contribution in [1.82, 2.24) is 9.88 Å². The summed E-state index contributed by atoms with van der Waals surface area (Å²) in [7, 11) is 0.